The van der Waals surface area contributed by atoms with Crippen LogP contribution < -0.4 is 4.90 Å². The first-order chi connectivity index (χ1) is 16.1. The molecule has 0 saturated heterocycles. The standard InChI is InChI=1S/C25H28N6O3/c1-16-17(2)28-31-21(13-20(15-32)27-22(16)31)30(24(33)34-25(3,4)5)14-18-8-7-9-19(12-18)23-26-10-11-29(23)6/h7-13,15H,14H2,1-6H3. The van der Waals surface area contributed by atoms with Gasteiger partial charge >= 0.3 is 6.09 Å². The molecule has 3 heterocycles. The molecule has 0 radical (unpaired) electrons. The summed E-state index contributed by atoms with van der Waals surface area (Å²) < 4.78 is 9.25. The van der Waals surface area contributed by atoms with Gasteiger partial charge in [0, 0.05) is 36.6 Å². The predicted molar refractivity (Wildman–Crippen MR) is 129 cm³/mol. The van der Waals surface area contributed by atoms with E-state index in [0.717, 1.165) is 28.2 Å². The first kappa shape index (κ1) is 23.2. The van der Waals surface area contributed by atoms with E-state index in [9.17, 15) is 9.59 Å². The molecule has 1 aromatic carbocycles. The van der Waals surface area contributed by atoms with Gasteiger partial charge in [0.1, 0.15) is 22.9 Å². The summed E-state index contributed by atoms with van der Waals surface area (Å²) >= 11 is 0. The summed E-state index contributed by atoms with van der Waals surface area (Å²) in [5.74, 6) is 1.22. The first-order valence-electron chi connectivity index (χ1n) is 11.0. The van der Waals surface area contributed by atoms with Gasteiger partial charge in [0.2, 0.25) is 0 Å². The van der Waals surface area contributed by atoms with Crippen LogP contribution in [0.2, 0.25) is 0 Å². The van der Waals surface area contributed by atoms with Gasteiger partial charge in [-0.15, -0.1) is 0 Å². The fourth-order valence-corrected chi connectivity index (χ4v) is 3.68. The average Bonchev–Trinajstić information content (AvgIpc) is 3.33. The molecule has 4 aromatic rings. The number of benzene rings is 1. The Morgan fingerprint density at radius 1 is 1.21 bits per heavy atom. The number of aldehydes is 1. The second kappa shape index (κ2) is 8.74. The maximum absolute atomic E-state index is 13.4. The zero-order chi connectivity index (χ0) is 24.6. The van der Waals surface area contributed by atoms with Crippen molar-refractivity contribution >= 4 is 23.8 Å². The summed E-state index contributed by atoms with van der Waals surface area (Å²) in [6, 6.07) is 9.37. The molecular formula is C25H28N6O3. The topological polar surface area (TPSA) is 94.6 Å². The summed E-state index contributed by atoms with van der Waals surface area (Å²) in [7, 11) is 1.93. The van der Waals surface area contributed by atoms with Crippen molar-refractivity contribution in [3.05, 3.63) is 65.2 Å². The van der Waals surface area contributed by atoms with E-state index in [0.29, 0.717) is 17.8 Å². The Hall–Kier alpha value is -4.01. The van der Waals surface area contributed by atoms with E-state index >= 15 is 0 Å². The highest BCUT2D eigenvalue weighted by molar-refractivity contribution is 5.89. The van der Waals surface area contributed by atoms with Gasteiger partial charge < -0.3 is 9.30 Å². The van der Waals surface area contributed by atoms with Crippen molar-refractivity contribution in [3.8, 4) is 11.4 Å². The van der Waals surface area contributed by atoms with E-state index in [-0.39, 0.29) is 12.2 Å². The third-order valence-corrected chi connectivity index (χ3v) is 5.42. The van der Waals surface area contributed by atoms with Gasteiger partial charge in [-0.05, 0) is 46.2 Å². The van der Waals surface area contributed by atoms with Crippen molar-refractivity contribution in [1.82, 2.24) is 24.1 Å². The molecular weight excluding hydrogens is 432 g/mol. The number of carbonyl (C=O) groups is 2. The number of amides is 1. The van der Waals surface area contributed by atoms with Gasteiger partial charge in [-0.25, -0.2) is 14.8 Å². The van der Waals surface area contributed by atoms with Gasteiger partial charge in [0.05, 0.1) is 12.2 Å². The first-order valence-corrected chi connectivity index (χ1v) is 11.0. The highest BCUT2D eigenvalue weighted by atomic mass is 16.6. The van der Waals surface area contributed by atoms with Gasteiger partial charge in [0.25, 0.3) is 0 Å². The lowest BCUT2D eigenvalue weighted by atomic mass is 10.1. The number of fused-ring (bicyclic) bond motifs is 1. The second-order valence-corrected chi connectivity index (χ2v) is 9.23. The fraction of sp³-hybridized carbons (Fsp3) is 0.320. The lowest BCUT2D eigenvalue weighted by Crippen LogP contribution is -2.37. The van der Waals surface area contributed by atoms with Gasteiger partial charge in [0.15, 0.2) is 11.9 Å². The van der Waals surface area contributed by atoms with E-state index in [1.807, 2.05) is 76.7 Å². The normalized spacial score (nSPS) is 11.6. The minimum absolute atomic E-state index is 0.197. The number of hydrogen-bond donors (Lipinski definition) is 0. The molecule has 9 heteroatoms. The number of ether oxygens (including phenoxy) is 1. The van der Waals surface area contributed by atoms with Crippen molar-refractivity contribution in [2.24, 2.45) is 7.05 Å². The largest absolute Gasteiger partial charge is 0.443 e. The lowest BCUT2D eigenvalue weighted by molar-refractivity contribution is 0.0575. The number of imidazole rings is 1. The molecule has 4 rings (SSSR count). The summed E-state index contributed by atoms with van der Waals surface area (Å²) in [6.45, 7) is 9.38. The van der Waals surface area contributed by atoms with E-state index in [1.54, 1.807) is 16.8 Å². The molecule has 0 aliphatic heterocycles. The molecule has 9 nitrogen and oxygen atoms in total. The van der Waals surface area contributed by atoms with Gasteiger partial charge in [-0.1, -0.05) is 18.2 Å². The molecule has 0 spiro atoms. The molecule has 1 amide bonds. The monoisotopic (exact) mass is 460 g/mol. The quantitative estimate of drug-likeness (QED) is 0.407. The molecule has 0 unspecified atom stereocenters. The Kier molecular flexibility index (Phi) is 5.95. The maximum atomic E-state index is 13.4. The number of anilines is 1. The Bertz CT molecular complexity index is 1380. The smallest absolute Gasteiger partial charge is 0.416 e. The van der Waals surface area contributed by atoms with Crippen LogP contribution in [0.4, 0.5) is 10.6 Å². The minimum atomic E-state index is -0.709. The van der Waals surface area contributed by atoms with Crippen molar-refractivity contribution in [1.29, 1.82) is 0 Å². The number of aryl methyl sites for hydroxylation is 3. The van der Waals surface area contributed by atoms with Crippen LogP contribution in [-0.4, -0.2) is 42.1 Å². The Morgan fingerprint density at radius 2 is 1.97 bits per heavy atom. The van der Waals surface area contributed by atoms with Crippen LogP contribution in [-0.2, 0) is 18.3 Å². The van der Waals surface area contributed by atoms with Crippen molar-refractivity contribution in [2.45, 2.75) is 46.8 Å². The second-order valence-electron chi connectivity index (χ2n) is 9.23. The lowest BCUT2D eigenvalue weighted by Gasteiger charge is -2.28. The van der Waals surface area contributed by atoms with Crippen LogP contribution in [0.5, 0.6) is 0 Å². The Balaban J connectivity index is 1.84. The summed E-state index contributed by atoms with van der Waals surface area (Å²) in [6.07, 6.45) is 3.74. The van der Waals surface area contributed by atoms with Gasteiger partial charge in [-0.2, -0.15) is 9.61 Å². The maximum Gasteiger partial charge on any atom is 0.416 e. The van der Waals surface area contributed by atoms with Crippen molar-refractivity contribution in [2.75, 3.05) is 4.90 Å². The van der Waals surface area contributed by atoms with Crippen LogP contribution in [0.3, 0.4) is 0 Å². The molecule has 0 aliphatic rings. The van der Waals surface area contributed by atoms with Crippen LogP contribution in [0, 0.1) is 13.8 Å². The van der Waals surface area contributed by atoms with E-state index in [2.05, 4.69) is 15.1 Å². The molecule has 3 aromatic heterocycles. The zero-order valence-corrected chi connectivity index (χ0v) is 20.2. The van der Waals surface area contributed by atoms with E-state index < -0.39 is 11.7 Å². The zero-order valence-electron chi connectivity index (χ0n) is 20.2. The summed E-state index contributed by atoms with van der Waals surface area (Å²) in [5, 5.41) is 4.57. The number of carbonyl (C=O) groups excluding carboxylic acids is 2. The SMILES string of the molecule is Cc1nn2c(N(Cc3cccc(-c4nccn4C)c3)C(=O)OC(C)(C)C)cc(C=O)nc2c1C. The molecule has 0 saturated carbocycles. The molecule has 0 fully saturated rings. The molecule has 34 heavy (non-hydrogen) atoms. The average molecular weight is 461 g/mol. The highest BCUT2D eigenvalue weighted by Gasteiger charge is 2.27. The summed E-state index contributed by atoms with van der Waals surface area (Å²) in [4.78, 5) is 35.4. The molecule has 176 valence electrons. The molecule has 0 bridgehead atoms. The van der Waals surface area contributed by atoms with E-state index in [1.165, 1.54) is 4.90 Å². The Morgan fingerprint density at radius 3 is 2.62 bits per heavy atom. The number of nitrogens with zero attached hydrogens (tertiary/aromatic N) is 6. The Labute approximate surface area is 198 Å². The van der Waals surface area contributed by atoms with Gasteiger partial charge in [-0.3, -0.25) is 9.69 Å². The predicted octanol–water partition coefficient (Wildman–Crippen LogP) is 4.50. The van der Waals surface area contributed by atoms with Crippen LogP contribution in [0.1, 0.15) is 48.1 Å². The third kappa shape index (κ3) is 4.54. The minimum Gasteiger partial charge on any atom is -0.443 e. The fourth-order valence-electron chi connectivity index (χ4n) is 3.68. The summed E-state index contributed by atoms with van der Waals surface area (Å²) in [5.41, 5.74) is 3.41. The van der Waals surface area contributed by atoms with Crippen molar-refractivity contribution < 1.29 is 14.3 Å². The van der Waals surface area contributed by atoms with Crippen LogP contribution in [0.25, 0.3) is 17.0 Å². The van der Waals surface area contributed by atoms with Crippen molar-refractivity contribution in [3.63, 3.8) is 0 Å². The van der Waals surface area contributed by atoms with Crippen LogP contribution >= 0.6 is 0 Å². The molecule has 0 aliphatic carbocycles. The van der Waals surface area contributed by atoms with E-state index in [4.69, 9.17) is 4.74 Å². The molecule has 0 atom stereocenters. The number of aromatic nitrogens is 5. The highest BCUT2D eigenvalue weighted by Crippen LogP contribution is 2.26. The molecule has 0 N–H and O–H groups in total. The van der Waals surface area contributed by atoms with Crippen LogP contribution in [0.15, 0.2) is 42.7 Å². The third-order valence-electron chi connectivity index (χ3n) is 5.42. The number of hydrogen-bond acceptors (Lipinski definition) is 6. The number of rotatable bonds is 5.